The Morgan fingerprint density at radius 3 is 2.31 bits per heavy atom. The fourth-order valence-corrected chi connectivity index (χ4v) is 1.48. The topological polar surface area (TPSA) is 40.9 Å². The first-order valence-electron chi connectivity index (χ1n) is 4.11. The number of benzene rings is 1. The van der Waals surface area contributed by atoms with Gasteiger partial charge in [-0.05, 0) is 30.5 Å². The van der Waals surface area contributed by atoms with E-state index >= 15 is 0 Å². The molecule has 0 amide bonds. The van der Waals surface area contributed by atoms with Crippen LogP contribution in [0.15, 0.2) is 18.2 Å². The van der Waals surface area contributed by atoms with Gasteiger partial charge in [-0.3, -0.25) is 0 Å². The lowest BCUT2D eigenvalue weighted by Crippen LogP contribution is -2.02. The highest BCUT2D eigenvalue weighted by molar-refractivity contribution is 5.68. The second-order valence-corrected chi connectivity index (χ2v) is 3.05. The number of aldehydes is 1. The molecule has 1 aromatic rings. The summed E-state index contributed by atoms with van der Waals surface area (Å²) in [5, 5.41) is 8.75. The molecule has 0 N–H and O–H groups in total. The van der Waals surface area contributed by atoms with Gasteiger partial charge in [-0.2, -0.15) is 5.26 Å². The van der Waals surface area contributed by atoms with Crippen LogP contribution in [0, 0.1) is 25.2 Å². The van der Waals surface area contributed by atoms with Crippen LogP contribution in [0.4, 0.5) is 0 Å². The lowest BCUT2D eigenvalue weighted by molar-refractivity contribution is -0.108. The van der Waals surface area contributed by atoms with Gasteiger partial charge in [-0.1, -0.05) is 18.2 Å². The highest BCUT2D eigenvalue weighted by atomic mass is 16.1. The van der Waals surface area contributed by atoms with Crippen molar-refractivity contribution in [1.29, 1.82) is 5.26 Å². The average molecular weight is 173 g/mol. The van der Waals surface area contributed by atoms with Crippen LogP contribution in [-0.4, -0.2) is 6.29 Å². The van der Waals surface area contributed by atoms with Gasteiger partial charge in [0, 0.05) is 0 Å². The Balaban J connectivity index is 3.28. The zero-order valence-electron chi connectivity index (χ0n) is 7.74. The SMILES string of the molecule is Cc1cccc(C)c1[C@@H](C#N)C=O. The Labute approximate surface area is 77.8 Å². The van der Waals surface area contributed by atoms with Gasteiger partial charge in [-0.15, -0.1) is 0 Å². The first-order chi connectivity index (χ1) is 6.20. The molecule has 0 heterocycles. The number of aryl methyl sites for hydroxylation is 2. The number of hydrogen-bond donors (Lipinski definition) is 0. The van der Waals surface area contributed by atoms with Crippen LogP contribution >= 0.6 is 0 Å². The third-order valence-corrected chi connectivity index (χ3v) is 2.13. The third-order valence-electron chi connectivity index (χ3n) is 2.13. The summed E-state index contributed by atoms with van der Waals surface area (Å²) in [5.74, 6) is -0.624. The van der Waals surface area contributed by atoms with E-state index in [9.17, 15) is 4.79 Å². The van der Waals surface area contributed by atoms with Gasteiger partial charge < -0.3 is 4.79 Å². The predicted octanol–water partition coefficient (Wildman–Crippen LogP) is 2.11. The summed E-state index contributed by atoms with van der Waals surface area (Å²) < 4.78 is 0. The smallest absolute Gasteiger partial charge is 0.141 e. The van der Waals surface area contributed by atoms with Crippen LogP contribution in [0.1, 0.15) is 22.6 Å². The summed E-state index contributed by atoms with van der Waals surface area (Å²) in [7, 11) is 0. The second kappa shape index (κ2) is 3.86. The summed E-state index contributed by atoms with van der Waals surface area (Å²) in [6.45, 7) is 3.83. The van der Waals surface area contributed by atoms with Crippen LogP contribution in [0.25, 0.3) is 0 Å². The molecule has 0 saturated carbocycles. The van der Waals surface area contributed by atoms with Crippen molar-refractivity contribution >= 4 is 6.29 Å². The molecule has 0 bridgehead atoms. The Hall–Kier alpha value is -1.62. The summed E-state index contributed by atoms with van der Waals surface area (Å²) in [5.41, 5.74) is 2.84. The van der Waals surface area contributed by atoms with Crippen LogP contribution in [0.3, 0.4) is 0 Å². The molecule has 1 rings (SSSR count). The minimum absolute atomic E-state index is 0.624. The fourth-order valence-electron chi connectivity index (χ4n) is 1.48. The van der Waals surface area contributed by atoms with E-state index in [-0.39, 0.29) is 0 Å². The van der Waals surface area contributed by atoms with Crippen LogP contribution < -0.4 is 0 Å². The molecule has 13 heavy (non-hydrogen) atoms. The quantitative estimate of drug-likeness (QED) is 0.642. The lowest BCUT2D eigenvalue weighted by atomic mass is 9.93. The Kier molecular flexibility index (Phi) is 2.81. The first kappa shape index (κ1) is 9.47. The van der Waals surface area contributed by atoms with Gasteiger partial charge in [0.15, 0.2) is 0 Å². The lowest BCUT2D eigenvalue weighted by Gasteiger charge is -2.09. The number of carbonyl (C=O) groups is 1. The van der Waals surface area contributed by atoms with Crippen molar-refractivity contribution in [3.05, 3.63) is 34.9 Å². The number of nitrogens with zero attached hydrogens (tertiary/aromatic N) is 1. The van der Waals surface area contributed by atoms with Crippen molar-refractivity contribution in [3.63, 3.8) is 0 Å². The second-order valence-electron chi connectivity index (χ2n) is 3.05. The summed E-state index contributed by atoms with van der Waals surface area (Å²) in [6, 6.07) is 7.73. The maximum Gasteiger partial charge on any atom is 0.141 e. The van der Waals surface area contributed by atoms with E-state index < -0.39 is 5.92 Å². The molecule has 0 saturated heterocycles. The molecule has 0 unspecified atom stereocenters. The number of rotatable bonds is 2. The van der Waals surface area contributed by atoms with Crippen molar-refractivity contribution in [3.8, 4) is 6.07 Å². The molecular weight excluding hydrogens is 162 g/mol. The Bertz CT molecular complexity index is 343. The van der Waals surface area contributed by atoms with Gasteiger partial charge in [0.05, 0.1) is 6.07 Å². The predicted molar refractivity (Wildman–Crippen MR) is 50.3 cm³/mol. The molecule has 2 heteroatoms. The highest BCUT2D eigenvalue weighted by Crippen LogP contribution is 2.21. The molecule has 0 aromatic heterocycles. The average Bonchev–Trinajstić information content (AvgIpc) is 2.11. The van der Waals surface area contributed by atoms with Gasteiger partial charge in [-0.25, -0.2) is 0 Å². The van der Waals surface area contributed by atoms with Gasteiger partial charge >= 0.3 is 0 Å². The standard InChI is InChI=1S/C11H11NO/c1-8-4-3-5-9(2)11(8)10(6-12)7-13/h3-5,7,10H,1-2H3/t10-/m0/s1. The minimum atomic E-state index is -0.624. The zero-order chi connectivity index (χ0) is 9.84. The van der Waals surface area contributed by atoms with Crippen molar-refractivity contribution in [2.45, 2.75) is 19.8 Å². The van der Waals surface area contributed by atoms with Crippen molar-refractivity contribution in [2.75, 3.05) is 0 Å². The highest BCUT2D eigenvalue weighted by Gasteiger charge is 2.13. The van der Waals surface area contributed by atoms with Crippen LogP contribution in [-0.2, 0) is 4.79 Å². The van der Waals surface area contributed by atoms with E-state index in [0.717, 1.165) is 16.7 Å². The number of nitriles is 1. The fraction of sp³-hybridized carbons (Fsp3) is 0.273. The zero-order valence-corrected chi connectivity index (χ0v) is 7.74. The normalized spacial score (nSPS) is 11.8. The Morgan fingerprint density at radius 1 is 1.38 bits per heavy atom. The monoisotopic (exact) mass is 173 g/mol. The maximum atomic E-state index is 10.6. The van der Waals surface area contributed by atoms with E-state index in [1.54, 1.807) is 0 Å². The summed E-state index contributed by atoms with van der Waals surface area (Å²) in [4.78, 5) is 10.6. The molecule has 0 aliphatic carbocycles. The Morgan fingerprint density at radius 2 is 1.92 bits per heavy atom. The van der Waals surface area contributed by atoms with Gasteiger partial charge in [0.25, 0.3) is 0 Å². The summed E-state index contributed by atoms with van der Waals surface area (Å²) in [6.07, 6.45) is 0.690. The molecule has 0 fully saturated rings. The maximum absolute atomic E-state index is 10.6. The molecule has 0 spiro atoms. The largest absolute Gasteiger partial charge is 0.302 e. The van der Waals surface area contributed by atoms with Crippen LogP contribution in [0.2, 0.25) is 0 Å². The van der Waals surface area contributed by atoms with E-state index in [2.05, 4.69) is 0 Å². The number of hydrogen-bond acceptors (Lipinski definition) is 2. The molecular formula is C11H11NO. The van der Waals surface area contributed by atoms with Crippen molar-refractivity contribution in [2.24, 2.45) is 0 Å². The van der Waals surface area contributed by atoms with Gasteiger partial charge in [0.2, 0.25) is 0 Å². The van der Waals surface area contributed by atoms with E-state index in [0.29, 0.717) is 6.29 Å². The molecule has 0 aliphatic rings. The molecule has 66 valence electrons. The van der Waals surface area contributed by atoms with E-state index in [4.69, 9.17) is 5.26 Å². The third kappa shape index (κ3) is 1.75. The van der Waals surface area contributed by atoms with Crippen molar-refractivity contribution < 1.29 is 4.79 Å². The van der Waals surface area contributed by atoms with Crippen molar-refractivity contribution in [1.82, 2.24) is 0 Å². The van der Waals surface area contributed by atoms with E-state index in [1.807, 2.05) is 38.1 Å². The number of carbonyl (C=O) groups excluding carboxylic acids is 1. The van der Waals surface area contributed by atoms with Gasteiger partial charge in [0.1, 0.15) is 12.2 Å². The van der Waals surface area contributed by atoms with Crippen LogP contribution in [0.5, 0.6) is 0 Å². The molecule has 0 radical (unpaired) electrons. The first-order valence-corrected chi connectivity index (χ1v) is 4.11. The summed E-state index contributed by atoms with van der Waals surface area (Å²) >= 11 is 0. The molecule has 2 nitrogen and oxygen atoms in total. The molecule has 0 aliphatic heterocycles. The molecule has 1 atom stereocenters. The van der Waals surface area contributed by atoms with E-state index in [1.165, 1.54) is 0 Å². The molecule has 1 aromatic carbocycles. The minimum Gasteiger partial charge on any atom is -0.302 e.